The highest BCUT2D eigenvalue weighted by molar-refractivity contribution is 5.90. The molecule has 3 aromatic carbocycles. The number of rotatable bonds is 13. The minimum atomic E-state index is -3.30. The number of fused-ring (bicyclic) bond motifs is 6. The largest absolute Gasteiger partial charge is 0.453 e. The van der Waals surface area contributed by atoms with Crippen molar-refractivity contribution in [3.63, 3.8) is 0 Å². The number of alkyl carbamates (subject to hydrolysis) is 2. The van der Waals surface area contributed by atoms with Gasteiger partial charge in [-0.1, -0.05) is 57.2 Å². The van der Waals surface area contributed by atoms with Gasteiger partial charge in [0.15, 0.2) is 0 Å². The number of H-pyrrole nitrogens is 2. The van der Waals surface area contributed by atoms with Gasteiger partial charge in [0.05, 0.1) is 49.7 Å². The number of aromatic amines is 2. The molecule has 2 aromatic heterocycles. The third kappa shape index (κ3) is 7.66. The topological polar surface area (TPSA) is 175 Å². The lowest BCUT2D eigenvalue weighted by molar-refractivity contribution is -0.137. The van der Waals surface area contributed by atoms with Crippen LogP contribution in [0, 0.1) is 17.3 Å². The zero-order valence-corrected chi connectivity index (χ0v) is 36.5. The number of hydrogen-bond donors (Lipinski definition) is 4. The zero-order valence-electron chi connectivity index (χ0n) is 36.5. The third-order valence-electron chi connectivity index (χ3n) is 13.6. The Balaban J connectivity index is 0.945. The number of hydrogen-bond acceptors (Lipinski definition) is 8. The van der Waals surface area contributed by atoms with E-state index in [9.17, 15) is 19.2 Å². The first-order valence-corrected chi connectivity index (χ1v) is 21.8. The first-order chi connectivity index (χ1) is 30.6. The number of amides is 4. The SMILES string of the molecule is C=C[C@H](NC(=O)OC)C(=O)N1C2CC[C@@H](C2)[C@H]1c1nc2ccc(-c3ccc4c(c3)C(F)(F)c3cc(-c5cnc(CN(CC6(C)CC6)C(=O)[C@@H](NC(=O)OC)C(C)C)[nH]5)ccc3-4)cc2[nH]1. The van der Waals surface area contributed by atoms with Crippen LogP contribution in [0.1, 0.15) is 81.7 Å². The van der Waals surface area contributed by atoms with Crippen LogP contribution in [-0.2, 0) is 31.5 Å². The van der Waals surface area contributed by atoms with Crippen molar-refractivity contribution in [2.24, 2.45) is 17.3 Å². The van der Waals surface area contributed by atoms with Crippen LogP contribution in [0.5, 0.6) is 0 Å². The van der Waals surface area contributed by atoms with Crippen LogP contribution in [0.25, 0.3) is 44.5 Å². The first-order valence-electron chi connectivity index (χ1n) is 21.8. The Morgan fingerprint density at radius 2 is 1.59 bits per heavy atom. The summed E-state index contributed by atoms with van der Waals surface area (Å²) in [4.78, 5) is 71.4. The summed E-state index contributed by atoms with van der Waals surface area (Å²) in [7, 11) is 2.49. The summed E-state index contributed by atoms with van der Waals surface area (Å²) in [5.41, 5.74) is 4.46. The van der Waals surface area contributed by atoms with Crippen molar-refractivity contribution in [3.05, 3.63) is 96.2 Å². The Morgan fingerprint density at radius 1 is 0.938 bits per heavy atom. The minimum Gasteiger partial charge on any atom is -0.453 e. The van der Waals surface area contributed by atoms with Crippen molar-refractivity contribution in [2.75, 3.05) is 20.8 Å². The van der Waals surface area contributed by atoms with Gasteiger partial charge in [-0.05, 0) is 95.9 Å². The lowest BCUT2D eigenvalue weighted by Gasteiger charge is -2.36. The average Bonchev–Trinajstić information content (AvgIpc) is 3.86. The zero-order chi connectivity index (χ0) is 45.2. The van der Waals surface area contributed by atoms with Gasteiger partial charge in [-0.3, -0.25) is 9.59 Å². The predicted molar refractivity (Wildman–Crippen MR) is 235 cm³/mol. The average molecular weight is 875 g/mol. The maximum Gasteiger partial charge on any atom is 0.407 e. The lowest BCUT2D eigenvalue weighted by Crippen LogP contribution is -2.52. The van der Waals surface area contributed by atoms with Crippen LogP contribution in [0.4, 0.5) is 18.4 Å². The fourth-order valence-electron chi connectivity index (χ4n) is 9.85. The number of carbonyl (C=O) groups excluding carboxylic acids is 4. The molecule has 0 radical (unpaired) electrons. The summed E-state index contributed by atoms with van der Waals surface area (Å²) in [5, 5.41) is 5.24. The number of ether oxygens (including phenoxy) is 2. The predicted octanol–water partition coefficient (Wildman–Crippen LogP) is 8.21. The van der Waals surface area contributed by atoms with Crippen LogP contribution in [-0.4, -0.2) is 92.6 Å². The Bertz CT molecular complexity index is 2690. The number of halogens is 2. The number of likely N-dealkylation sites (tertiary alicyclic amines) is 1. The van der Waals surface area contributed by atoms with E-state index in [1.54, 1.807) is 35.4 Å². The van der Waals surface area contributed by atoms with Gasteiger partial charge in [-0.2, -0.15) is 8.78 Å². The third-order valence-corrected chi connectivity index (χ3v) is 13.6. The fourth-order valence-corrected chi connectivity index (χ4v) is 9.85. The van der Waals surface area contributed by atoms with Gasteiger partial charge in [-0.25, -0.2) is 19.6 Å². The van der Waals surface area contributed by atoms with E-state index in [0.717, 1.165) is 37.7 Å². The summed E-state index contributed by atoms with van der Waals surface area (Å²) in [6.45, 7) is 10.2. The number of methoxy groups -OCH3 is 2. The summed E-state index contributed by atoms with van der Waals surface area (Å²) in [5.74, 6) is -2.70. The molecule has 9 rings (SSSR count). The molecule has 334 valence electrons. The van der Waals surface area contributed by atoms with Crippen LogP contribution in [0.2, 0.25) is 0 Å². The Hall–Kier alpha value is -6.58. The molecular weight excluding hydrogens is 823 g/mol. The fraction of sp³-hybridized carbons (Fsp3) is 0.417. The van der Waals surface area contributed by atoms with E-state index in [1.807, 2.05) is 43.0 Å². The van der Waals surface area contributed by atoms with Gasteiger partial charge in [-0.15, -0.1) is 6.58 Å². The highest BCUT2D eigenvalue weighted by atomic mass is 19.3. The van der Waals surface area contributed by atoms with E-state index < -0.39 is 30.2 Å². The highest BCUT2D eigenvalue weighted by Gasteiger charge is 2.51. The molecule has 14 nitrogen and oxygen atoms in total. The van der Waals surface area contributed by atoms with Gasteiger partial charge >= 0.3 is 12.2 Å². The molecule has 1 unspecified atom stereocenters. The second-order valence-electron chi connectivity index (χ2n) is 18.3. The van der Waals surface area contributed by atoms with Gasteiger partial charge in [0.2, 0.25) is 11.8 Å². The monoisotopic (exact) mass is 874 g/mol. The molecule has 3 aliphatic carbocycles. The molecule has 5 atom stereocenters. The summed E-state index contributed by atoms with van der Waals surface area (Å²) >= 11 is 0. The van der Waals surface area contributed by atoms with Gasteiger partial charge in [0.25, 0.3) is 5.92 Å². The Kier molecular flexibility index (Phi) is 10.8. The van der Waals surface area contributed by atoms with Gasteiger partial charge in [0.1, 0.15) is 23.7 Å². The number of alkyl halides is 2. The van der Waals surface area contributed by atoms with Gasteiger partial charge < -0.3 is 39.9 Å². The second kappa shape index (κ2) is 16.2. The lowest BCUT2D eigenvalue weighted by atomic mass is 9.97. The standard InChI is InChI=1S/C48H52F2N8O6/c1-7-35(55-45(61)63-5)43(59)58-30-12-8-29(18-30)41(58)42-53-36-15-11-27(21-37(36)54-42)26-9-13-31-32-14-10-28(20-34(32)48(49,50)33(31)19-26)38-22-51-39(52-38)23-57(24-47(4)16-17-47)44(60)40(25(2)3)56-46(62)64-6/h7,9-11,13-15,19-22,25,29-30,35,40-41H,1,8,12,16-18,23-24H2,2-6H3,(H,51,52)(H,53,54)(H,55,61)(H,56,62)/t29-,30?,35-,40-,41-/m0/s1. The smallest absolute Gasteiger partial charge is 0.407 e. The molecule has 2 bridgehead atoms. The van der Waals surface area contributed by atoms with E-state index >= 15 is 8.78 Å². The summed E-state index contributed by atoms with van der Waals surface area (Å²) in [6, 6.07) is 13.7. The van der Waals surface area contributed by atoms with Crippen LogP contribution in [0.3, 0.4) is 0 Å². The maximum atomic E-state index is 16.6. The molecule has 4 aliphatic rings. The quantitative estimate of drug-likeness (QED) is 0.0857. The first kappa shape index (κ1) is 42.7. The van der Waals surface area contributed by atoms with E-state index in [4.69, 9.17) is 14.5 Å². The summed E-state index contributed by atoms with van der Waals surface area (Å²) < 4.78 is 42.7. The maximum absolute atomic E-state index is 16.6. The van der Waals surface area contributed by atoms with E-state index in [0.29, 0.717) is 57.2 Å². The number of nitrogens with one attached hydrogen (secondary N) is 4. The molecule has 3 heterocycles. The second-order valence-corrected chi connectivity index (χ2v) is 18.3. The molecular formula is C48H52F2N8O6. The van der Waals surface area contributed by atoms with E-state index in [-0.39, 0.29) is 58.8 Å². The number of aromatic nitrogens is 4. The molecule has 1 saturated heterocycles. The molecule has 5 aromatic rings. The minimum absolute atomic E-state index is 0.00826. The molecule has 2 saturated carbocycles. The normalized spacial score (nSPS) is 20.6. The van der Waals surface area contributed by atoms with Crippen molar-refractivity contribution in [1.29, 1.82) is 0 Å². The number of imidazole rings is 2. The Labute approximate surface area is 369 Å². The number of nitrogens with zero attached hydrogens (tertiary/aromatic N) is 4. The molecule has 64 heavy (non-hydrogen) atoms. The highest BCUT2D eigenvalue weighted by Crippen LogP contribution is 2.53. The molecule has 3 fully saturated rings. The number of piperidine rings is 1. The number of benzene rings is 3. The van der Waals surface area contributed by atoms with Gasteiger partial charge in [0, 0.05) is 29.3 Å². The van der Waals surface area contributed by atoms with Crippen LogP contribution in [0.15, 0.2) is 73.4 Å². The van der Waals surface area contributed by atoms with Crippen molar-refractivity contribution >= 4 is 35.0 Å². The van der Waals surface area contributed by atoms with E-state index in [1.165, 1.54) is 26.4 Å². The number of carbonyl (C=O) groups is 4. The van der Waals surface area contributed by atoms with Crippen molar-refractivity contribution in [3.8, 4) is 33.5 Å². The molecule has 16 heteroatoms. The summed E-state index contributed by atoms with van der Waals surface area (Å²) in [6.07, 6.45) is 6.17. The van der Waals surface area contributed by atoms with Crippen molar-refractivity contribution < 1.29 is 37.4 Å². The van der Waals surface area contributed by atoms with Crippen LogP contribution < -0.4 is 10.6 Å². The molecule has 1 aliphatic heterocycles. The van der Waals surface area contributed by atoms with Crippen molar-refractivity contribution in [2.45, 2.75) is 89.5 Å². The van der Waals surface area contributed by atoms with Crippen molar-refractivity contribution in [1.82, 2.24) is 40.4 Å². The van der Waals surface area contributed by atoms with E-state index in [2.05, 4.69) is 39.1 Å². The molecule has 0 spiro atoms. The molecule has 4 N–H and O–H groups in total. The van der Waals surface area contributed by atoms with Crippen LogP contribution >= 0.6 is 0 Å². The molecule has 4 amide bonds. The Morgan fingerprint density at radius 3 is 2.27 bits per heavy atom.